The smallest absolute Gasteiger partial charge is 0.330 e. The Morgan fingerprint density at radius 3 is 2.20 bits per heavy atom. The lowest BCUT2D eigenvalue weighted by Crippen LogP contribution is -2.56. The van der Waals surface area contributed by atoms with E-state index >= 15 is 0 Å². The predicted molar refractivity (Wildman–Crippen MR) is 80.8 cm³/mol. The van der Waals surface area contributed by atoms with Gasteiger partial charge in [-0.1, -0.05) is 35.2 Å². The Morgan fingerprint density at radius 1 is 1.20 bits per heavy atom. The first-order chi connectivity index (χ1) is 9.47. The van der Waals surface area contributed by atoms with Gasteiger partial charge in [0, 0.05) is 4.47 Å². The van der Waals surface area contributed by atoms with Gasteiger partial charge < -0.3 is 5.11 Å². The summed E-state index contributed by atoms with van der Waals surface area (Å²) in [5, 5.41) is 9.63. The van der Waals surface area contributed by atoms with Gasteiger partial charge in [0.1, 0.15) is 0 Å². The fourth-order valence-corrected chi connectivity index (χ4v) is 3.83. The first-order valence-electron chi connectivity index (χ1n) is 6.37. The molecule has 0 amide bonds. The van der Waals surface area contributed by atoms with E-state index in [-0.39, 0.29) is 0 Å². The van der Waals surface area contributed by atoms with Crippen molar-refractivity contribution in [1.29, 1.82) is 0 Å². The highest BCUT2D eigenvalue weighted by atomic mass is 79.9. The normalized spacial score (nSPS) is 19.3. The SMILES string of the molecule is O=C(O)C1(N(c2ccc(Br)cc2)S(=O)O)CCCCC1. The van der Waals surface area contributed by atoms with Gasteiger partial charge in [0.2, 0.25) is 0 Å². The van der Waals surface area contributed by atoms with Gasteiger partial charge in [0.15, 0.2) is 5.54 Å². The van der Waals surface area contributed by atoms with Crippen molar-refractivity contribution in [2.75, 3.05) is 4.31 Å². The number of halogens is 1. The molecule has 1 aliphatic rings. The third-order valence-corrected chi connectivity index (χ3v) is 5.09. The van der Waals surface area contributed by atoms with Crippen LogP contribution < -0.4 is 4.31 Å². The molecule has 1 aromatic rings. The van der Waals surface area contributed by atoms with E-state index in [1.54, 1.807) is 24.3 Å². The Labute approximate surface area is 128 Å². The molecule has 1 fully saturated rings. The Balaban J connectivity index is 2.47. The minimum absolute atomic E-state index is 0.380. The second-order valence-electron chi connectivity index (χ2n) is 4.90. The third-order valence-electron chi connectivity index (χ3n) is 3.68. The highest BCUT2D eigenvalue weighted by Crippen LogP contribution is 2.38. The Bertz CT molecular complexity index is 514. The molecule has 2 rings (SSSR count). The minimum atomic E-state index is -2.38. The van der Waals surface area contributed by atoms with Gasteiger partial charge in [-0.2, -0.15) is 0 Å². The van der Waals surface area contributed by atoms with E-state index in [0.29, 0.717) is 18.5 Å². The number of hydrogen-bond donors (Lipinski definition) is 2. The predicted octanol–water partition coefficient (Wildman–Crippen LogP) is 3.18. The van der Waals surface area contributed by atoms with Crippen molar-refractivity contribution in [3.8, 4) is 0 Å². The van der Waals surface area contributed by atoms with Gasteiger partial charge in [0.25, 0.3) is 11.3 Å². The molecule has 0 aromatic heterocycles. The lowest BCUT2D eigenvalue weighted by molar-refractivity contribution is -0.144. The summed E-state index contributed by atoms with van der Waals surface area (Å²) in [6.45, 7) is 0. The maximum absolute atomic E-state index is 11.8. The zero-order valence-corrected chi connectivity index (χ0v) is 13.2. The summed E-state index contributed by atoms with van der Waals surface area (Å²) in [5.41, 5.74) is -0.857. The van der Waals surface area contributed by atoms with Gasteiger partial charge >= 0.3 is 5.97 Å². The number of aliphatic carboxylic acids is 1. The average molecular weight is 362 g/mol. The Kier molecular flexibility index (Phi) is 4.82. The topological polar surface area (TPSA) is 77.8 Å². The van der Waals surface area contributed by atoms with Crippen LogP contribution in [0.3, 0.4) is 0 Å². The molecule has 7 heteroatoms. The van der Waals surface area contributed by atoms with E-state index in [4.69, 9.17) is 0 Å². The number of nitrogens with zero attached hydrogens (tertiary/aromatic N) is 1. The molecule has 110 valence electrons. The van der Waals surface area contributed by atoms with Crippen molar-refractivity contribution in [2.24, 2.45) is 0 Å². The van der Waals surface area contributed by atoms with Crippen molar-refractivity contribution in [1.82, 2.24) is 0 Å². The average Bonchev–Trinajstić information content (AvgIpc) is 2.42. The number of anilines is 1. The lowest BCUT2D eigenvalue weighted by Gasteiger charge is -2.41. The van der Waals surface area contributed by atoms with Crippen LogP contribution in [0.15, 0.2) is 28.7 Å². The van der Waals surface area contributed by atoms with Crippen LogP contribution in [-0.2, 0) is 16.1 Å². The molecule has 1 unspecified atom stereocenters. The zero-order valence-electron chi connectivity index (χ0n) is 10.8. The summed E-state index contributed by atoms with van der Waals surface area (Å²) < 4.78 is 23.3. The molecule has 1 aliphatic carbocycles. The summed E-state index contributed by atoms with van der Waals surface area (Å²) in [6, 6.07) is 6.76. The van der Waals surface area contributed by atoms with Crippen LogP contribution in [-0.4, -0.2) is 25.4 Å². The summed E-state index contributed by atoms with van der Waals surface area (Å²) in [4.78, 5) is 11.8. The molecule has 20 heavy (non-hydrogen) atoms. The molecular formula is C13H16BrNO4S. The second-order valence-corrected chi connectivity index (χ2v) is 6.64. The molecule has 0 radical (unpaired) electrons. The summed E-state index contributed by atoms with van der Waals surface area (Å²) in [5.74, 6) is -1.04. The molecular weight excluding hydrogens is 346 g/mol. The third kappa shape index (κ3) is 2.89. The van der Waals surface area contributed by atoms with Gasteiger partial charge in [-0.3, -0.25) is 8.86 Å². The monoisotopic (exact) mass is 361 g/mol. The maximum Gasteiger partial charge on any atom is 0.330 e. The molecule has 1 atom stereocenters. The van der Waals surface area contributed by atoms with Crippen molar-refractivity contribution in [2.45, 2.75) is 37.6 Å². The Morgan fingerprint density at radius 2 is 1.75 bits per heavy atom. The number of rotatable bonds is 4. The summed E-state index contributed by atoms with van der Waals surface area (Å²) in [7, 11) is 0. The molecule has 0 spiro atoms. The van der Waals surface area contributed by atoms with E-state index < -0.39 is 22.8 Å². The summed E-state index contributed by atoms with van der Waals surface area (Å²) in [6.07, 6.45) is 3.21. The van der Waals surface area contributed by atoms with Crippen LogP contribution in [0.5, 0.6) is 0 Å². The van der Waals surface area contributed by atoms with E-state index in [2.05, 4.69) is 15.9 Å². The lowest BCUT2D eigenvalue weighted by atomic mass is 9.81. The van der Waals surface area contributed by atoms with E-state index in [9.17, 15) is 18.7 Å². The number of benzene rings is 1. The molecule has 1 aromatic carbocycles. The quantitative estimate of drug-likeness (QED) is 0.807. The van der Waals surface area contributed by atoms with Gasteiger partial charge in [-0.05, 0) is 37.1 Å². The highest BCUT2D eigenvalue weighted by molar-refractivity contribution is 9.10. The van der Waals surface area contributed by atoms with E-state index in [1.807, 2.05) is 0 Å². The summed E-state index contributed by atoms with van der Waals surface area (Å²) >= 11 is 0.916. The number of carboxylic acids is 1. The second kappa shape index (κ2) is 6.24. The molecule has 2 N–H and O–H groups in total. The van der Waals surface area contributed by atoms with Gasteiger partial charge in [-0.25, -0.2) is 9.00 Å². The first kappa shape index (κ1) is 15.5. The fourth-order valence-electron chi connectivity index (χ4n) is 2.70. The highest BCUT2D eigenvalue weighted by Gasteiger charge is 2.47. The van der Waals surface area contributed by atoms with Crippen LogP contribution in [0.4, 0.5) is 5.69 Å². The van der Waals surface area contributed by atoms with E-state index in [0.717, 1.165) is 28.0 Å². The molecule has 1 saturated carbocycles. The first-order valence-corrected chi connectivity index (χ1v) is 8.23. The van der Waals surface area contributed by atoms with E-state index in [1.165, 1.54) is 0 Å². The van der Waals surface area contributed by atoms with Crippen LogP contribution in [0.25, 0.3) is 0 Å². The van der Waals surface area contributed by atoms with Crippen LogP contribution in [0.1, 0.15) is 32.1 Å². The van der Waals surface area contributed by atoms with Crippen molar-refractivity contribution in [3.63, 3.8) is 0 Å². The van der Waals surface area contributed by atoms with Crippen LogP contribution >= 0.6 is 15.9 Å². The molecule has 0 heterocycles. The van der Waals surface area contributed by atoms with Crippen LogP contribution in [0, 0.1) is 0 Å². The van der Waals surface area contributed by atoms with Gasteiger partial charge in [0.05, 0.1) is 5.69 Å². The zero-order chi connectivity index (χ0) is 14.8. The molecule has 0 aliphatic heterocycles. The molecule has 0 saturated heterocycles. The number of carbonyl (C=O) groups is 1. The van der Waals surface area contributed by atoms with Gasteiger partial charge in [-0.15, -0.1) is 0 Å². The van der Waals surface area contributed by atoms with Crippen molar-refractivity contribution in [3.05, 3.63) is 28.7 Å². The molecule has 5 nitrogen and oxygen atoms in total. The number of hydrogen-bond acceptors (Lipinski definition) is 2. The molecule has 0 bridgehead atoms. The minimum Gasteiger partial charge on any atom is -0.479 e. The number of carboxylic acid groups (broad SMARTS) is 1. The largest absolute Gasteiger partial charge is 0.479 e. The Hall–Kier alpha value is -0.920. The standard InChI is InChI=1S/C13H16BrNO4S/c14-10-4-6-11(7-5-10)15(20(18)19)13(12(16)17)8-2-1-3-9-13/h4-7H,1-3,8-9H2,(H,16,17)(H,18,19). The van der Waals surface area contributed by atoms with Crippen LogP contribution in [0.2, 0.25) is 0 Å². The van der Waals surface area contributed by atoms with Crippen molar-refractivity contribution < 1.29 is 18.7 Å². The fraction of sp³-hybridized carbons (Fsp3) is 0.462. The van der Waals surface area contributed by atoms with Crippen molar-refractivity contribution >= 4 is 38.9 Å². The maximum atomic E-state index is 11.8.